The Hall–Kier alpha value is -3.57. The second kappa shape index (κ2) is 11.0. The zero-order valence-corrected chi connectivity index (χ0v) is 20.4. The molecule has 3 N–H and O–H groups in total. The van der Waals surface area contributed by atoms with Crippen LogP contribution in [-0.2, 0) is 4.74 Å². The van der Waals surface area contributed by atoms with Gasteiger partial charge in [-0.3, -0.25) is 4.79 Å². The third kappa shape index (κ3) is 7.72. The van der Waals surface area contributed by atoms with E-state index in [0.29, 0.717) is 24.9 Å². The number of carbonyl (C=O) groups is 2. The van der Waals surface area contributed by atoms with Crippen LogP contribution in [0.3, 0.4) is 0 Å². The summed E-state index contributed by atoms with van der Waals surface area (Å²) < 4.78 is 46.7. The van der Waals surface area contributed by atoms with Crippen LogP contribution >= 0.6 is 0 Å². The number of aryl methyl sites for hydroxylation is 1. The molecule has 2 amide bonds. The number of anilines is 2. The second-order valence-corrected chi connectivity index (χ2v) is 9.28. The summed E-state index contributed by atoms with van der Waals surface area (Å²) in [5.74, 6) is -0.330. The van der Waals surface area contributed by atoms with Crippen LogP contribution in [0.15, 0.2) is 30.5 Å². The number of rotatable bonds is 8. The number of aromatic nitrogens is 2. The van der Waals surface area contributed by atoms with Gasteiger partial charge in [0.1, 0.15) is 28.7 Å². The van der Waals surface area contributed by atoms with Gasteiger partial charge in [-0.2, -0.15) is 0 Å². The van der Waals surface area contributed by atoms with Crippen molar-refractivity contribution in [3.8, 4) is 5.75 Å². The van der Waals surface area contributed by atoms with Gasteiger partial charge in [0.05, 0.1) is 0 Å². The molecule has 0 radical (unpaired) electrons. The molecular weight excluding hydrogens is 479 g/mol. The number of alkyl halides is 3. The Bertz CT molecular complexity index is 1090. The Kier molecular flexibility index (Phi) is 8.26. The van der Waals surface area contributed by atoms with Crippen LogP contribution in [0.1, 0.15) is 62.0 Å². The van der Waals surface area contributed by atoms with Crippen LogP contribution in [0.25, 0.3) is 0 Å². The van der Waals surface area contributed by atoms with E-state index >= 15 is 0 Å². The number of pyridine rings is 2. The van der Waals surface area contributed by atoms with Crippen LogP contribution in [0, 0.1) is 6.92 Å². The van der Waals surface area contributed by atoms with Crippen LogP contribution < -0.4 is 15.8 Å². The van der Waals surface area contributed by atoms with Crippen molar-refractivity contribution in [1.29, 1.82) is 0 Å². The Morgan fingerprint density at radius 2 is 1.94 bits per heavy atom. The van der Waals surface area contributed by atoms with Gasteiger partial charge in [-0.15, -0.1) is 13.2 Å². The lowest BCUT2D eigenvalue weighted by atomic mass is 9.92. The van der Waals surface area contributed by atoms with Crippen molar-refractivity contribution in [1.82, 2.24) is 14.9 Å². The summed E-state index contributed by atoms with van der Waals surface area (Å²) in [7, 11) is 0. The van der Waals surface area contributed by atoms with E-state index in [-0.39, 0.29) is 29.3 Å². The molecule has 3 rings (SSSR count). The number of halogens is 3. The minimum Gasteiger partial charge on any atom is -0.444 e. The fourth-order valence-corrected chi connectivity index (χ4v) is 4.16. The maximum Gasteiger partial charge on any atom is 0.573 e. The maximum absolute atomic E-state index is 13.5. The summed E-state index contributed by atoms with van der Waals surface area (Å²) >= 11 is 0. The predicted molar refractivity (Wildman–Crippen MR) is 126 cm³/mol. The number of hydrogen-bond donors (Lipinski definition) is 2. The molecule has 36 heavy (non-hydrogen) atoms. The highest BCUT2D eigenvalue weighted by Gasteiger charge is 2.32. The molecule has 0 spiro atoms. The minimum absolute atomic E-state index is 0.0577. The first-order chi connectivity index (χ1) is 16.8. The quantitative estimate of drug-likeness (QED) is 0.509. The number of carbonyl (C=O) groups excluding carboxylic acids is 2. The highest BCUT2D eigenvalue weighted by molar-refractivity contribution is 5.94. The molecule has 1 aliphatic heterocycles. The number of nitrogens with two attached hydrogens (primary N) is 1. The SMILES string of the molecule is Cc1ccc(Nc2cc(OC(F)(F)F)ccn2)nc1C(=O)N1CCCC[C@@H]1CCC(C)(C)OC(N)=O. The fraction of sp³-hybridized carbons (Fsp3) is 0.500. The Labute approximate surface area is 207 Å². The van der Waals surface area contributed by atoms with E-state index in [1.54, 1.807) is 37.8 Å². The summed E-state index contributed by atoms with van der Waals surface area (Å²) in [5.41, 5.74) is 5.30. The lowest BCUT2D eigenvalue weighted by Crippen LogP contribution is -2.45. The molecule has 2 aromatic rings. The van der Waals surface area contributed by atoms with E-state index in [4.69, 9.17) is 10.5 Å². The molecular formula is C24H30F3N5O4. The first-order valence-corrected chi connectivity index (χ1v) is 11.6. The molecule has 1 fully saturated rings. The third-order valence-corrected chi connectivity index (χ3v) is 5.87. The first kappa shape index (κ1) is 27.0. The smallest absolute Gasteiger partial charge is 0.444 e. The van der Waals surface area contributed by atoms with Gasteiger partial charge in [-0.1, -0.05) is 6.07 Å². The topological polar surface area (TPSA) is 120 Å². The van der Waals surface area contributed by atoms with Gasteiger partial charge >= 0.3 is 12.5 Å². The van der Waals surface area contributed by atoms with Crippen LogP contribution in [0.5, 0.6) is 5.75 Å². The van der Waals surface area contributed by atoms with E-state index in [1.165, 1.54) is 6.20 Å². The lowest BCUT2D eigenvalue weighted by molar-refractivity contribution is -0.274. The molecule has 196 valence electrons. The first-order valence-electron chi connectivity index (χ1n) is 11.6. The molecule has 1 saturated heterocycles. The van der Waals surface area contributed by atoms with Crippen molar-refractivity contribution in [3.05, 3.63) is 41.7 Å². The van der Waals surface area contributed by atoms with Crippen molar-refractivity contribution < 1.29 is 32.2 Å². The van der Waals surface area contributed by atoms with E-state index in [2.05, 4.69) is 20.0 Å². The van der Waals surface area contributed by atoms with Crippen molar-refractivity contribution in [2.75, 3.05) is 11.9 Å². The molecule has 12 heteroatoms. The van der Waals surface area contributed by atoms with Gasteiger partial charge in [0.2, 0.25) is 0 Å². The summed E-state index contributed by atoms with van der Waals surface area (Å²) in [4.78, 5) is 34.9. The summed E-state index contributed by atoms with van der Waals surface area (Å²) in [5, 5.41) is 2.83. The van der Waals surface area contributed by atoms with Crippen LogP contribution in [0.2, 0.25) is 0 Å². The highest BCUT2D eigenvalue weighted by atomic mass is 19.4. The highest BCUT2D eigenvalue weighted by Crippen LogP contribution is 2.28. The van der Waals surface area contributed by atoms with Gasteiger partial charge in [0.25, 0.3) is 5.91 Å². The normalized spacial score (nSPS) is 16.4. The van der Waals surface area contributed by atoms with Crippen molar-refractivity contribution in [2.45, 2.75) is 70.9 Å². The Morgan fingerprint density at radius 1 is 1.19 bits per heavy atom. The number of hydrogen-bond acceptors (Lipinski definition) is 7. The Balaban J connectivity index is 1.75. The van der Waals surface area contributed by atoms with E-state index in [1.807, 2.05) is 0 Å². The number of piperidine rings is 1. The van der Waals surface area contributed by atoms with Crippen molar-refractivity contribution in [3.63, 3.8) is 0 Å². The van der Waals surface area contributed by atoms with E-state index in [0.717, 1.165) is 31.4 Å². The van der Waals surface area contributed by atoms with E-state index < -0.39 is 23.8 Å². The molecule has 3 heterocycles. The zero-order valence-electron chi connectivity index (χ0n) is 20.4. The van der Waals surface area contributed by atoms with Gasteiger partial charge in [-0.05, 0) is 70.6 Å². The van der Waals surface area contributed by atoms with Crippen molar-refractivity contribution >= 4 is 23.6 Å². The molecule has 0 unspecified atom stereocenters. The van der Waals surface area contributed by atoms with Gasteiger partial charge in [0.15, 0.2) is 0 Å². The molecule has 0 aliphatic carbocycles. The number of likely N-dealkylation sites (tertiary alicyclic amines) is 1. The average Bonchev–Trinajstić information content (AvgIpc) is 2.77. The number of primary amides is 1. The standard InChI is InChI=1S/C24H30F3N5O4/c1-15-7-8-18(30-19-14-17(10-12-29-19)35-24(25,26)27)31-20(15)21(33)32-13-5-4-6-16(32)9-11-23(2,3)36-22(28)34/h7-8,10,12,14,16H,4-6,9,11,13H2,1-3H3,(H2,28,34)(H,29,30,31)/t16-/m1/s1. The number of nitrogens with zero attached hydrogens (tertiary/aromatic N) is 3. The number of amides is 2. The largest absolute Gasteiger partial charge is 0.573 e. The molecule has 0 bridgehead atoms. The van der Waals surface area contributed by atoms with Crippen LogP contribution in [-0.4, -0.2) is 51.4 Å². The summed E-state index contributed by atoms with van der Waals surface area (Å²) in [6.07, 6.45) is -0.703. The lowest BCUT2D eigenvalue weighted by Gasteiger charge is -2.37. The molecule has 0 aromatic carbocycles. The van der Waals surface area contributed by atoms with Gasteiger partial charge in [0, 0.05) is 24.8 Å². The van der Waals surface area contributed by atoms with Gasteiger partial charge in [-0.25, -0.2) is 14.8 Å². The molecule has 9 nitrogen and oxygen atoms in total. The molecule has 2 aromatic heterocycles. The van der Waals surface area contributed by atoms with E-state index in [9.17, 15) is 22.8 Å². The summed E-state index contributed by atoms with van der Waals surface area (Å²) in [6.45, 7) is 5.88. The predicted octanol–water partition coefficient (Wildman–Crippen LogP) is 5.08. The maximum atomic E-state index is 13.5. The second-order valence-electron chi connectivity index (χ2n) is 9.28. The average molecular weight is 510 g/mol. The number of nitrogens with one attached hydrogen (secondary N) is 1. The zero-order chi connectivity index (χ0) is 26.5. The molecule has 1 aliphatic rings. The molecule has 1 atom stereocenters. The minimum atomic E-state index is -4.83. The fourth-order valence-electron chi connectivity index (χ4n) is 4.16. The summed E-state index contributed by atoms with van der Waals surface area (Å²) in [6, 6.07) is 5.44. The number of ether oxygens (including phenoxy) is 2. The van der Waals surface area contributed by atoms with Gasteiger partial charge < -0.3 is 25.4 Å². The van der Waals surface area contributed by atoms with Crippen molar-refractivity contribution in [2.24, 2.45) is 5.73 Å². The Morgan fingerprint density at radius 3 is 2.64 bits per heavy atom. The van der Waals surface area contributed by atoms with Crippen LogP contribution in [0.4, 0.5) is 29.6 Å². The third-order valence-electron chi connectivity index (χ3n) is 5.87. The monoisotopic (exact) mass is 509 g/mol. The molecule has 0 saturated carbocycles.